The number of carbonyl (C=O) groups excluding carboxylic acids is 1. The second-order valence-corrected chi connectivity index (χ2v) is 8.28. The van der Waals surface area contributed by atoms with Gasteiger partial charge in [0.2, 0.25) is 0 Å². The number of anilines is 1. The van der Waals surface area contributed by atoms with Crippen LogP contribution in [0.1, 0.15) is 16.7 Å². The minimum Gasteiger partial charge on any atom is -0.497 e. The zero-order valence-corrected chi connectivity index (χ0v) is 18.7. The lowest BCUT2D eigenvalue weighted by molar-refractivity contribution is 0.216. The first-order valence-corrected chi connectivity index (χ1v) is 11.1. The first-order valence-electron chi connectivity index (χ1n) is 8.87. The molecule has 29 heavy (non-hydrogen) atoms. The molecular formula is C20H27N5O2S2. The fraction of sp³-hybridized carbons (Fsp3) is 0.300. The minimum absolute atomic E-state index is 0.487. The third kappa shape index (κ3) is 6.40. The molecule has 7 nitrogen and oxygen atoms in total. The summed E-state index contributed by atoms with van der Waals surface area (Å²) in [4.78, 5) is 16.9. The number of rotatable bonds is 6. The van der Waals surface area contributed by atoms with Gasteiger partial charge in [-0.05, 0) is 48.1 Å². The second kappa shape index (κ2) is 11.1. The van der Waals surface area contributed by atoms with Gasteiger partial charge in [-0.2, -0.15) is 0 Å². The number of carbonyl (C=O) groups is 1. The normalized spacial score (nSPS) is 11.3. The van der Waals surface area contributed by atoms with E-state index in [4.69, 9.17) is 21.4 Å². The maximum absolute atomic E-state index is 12.2. The predicted octanol–water partition coefficient (Wildman–Crippen LogP) is 3.76. The number of methoxy groups -OCH3 is 1. The maximum Gasteiger partial charge on any atom is 0.352 e. The molecule has 0 unspecified atom stereocenters. The summed E-state index contributed by atoms with van der Waals surface area (Å²) >= 11 is 3.20. The fourth-order valence-corrected chi connectivity index (χ4v) is 4.24. The molecule has 0 spiro atoms. The van der Waals surface area contributed by atoms with Crippen LogP contribution >= 0.6 is 23.5 Å². The Morgan fingerprint density at radius 2 is 1.93 bits per heavy atom. The number of thioether (sulfide) groups is 2. The SMILES string of the molecule is COc1cccc(CN=C(SC)SCc2c(C)cccc2N(N)C(=O)N(C)N)c1. The number of benzene rings is 2. The molecule has 0 aliphatic heterocycles. The van der Waals surface area contributed by atoms with E-state index in [0.717, 1.165) is 36.8 Å². The molecule has 2 amide bonds. The lowest BCUT2D eigenvalue weighted by Gasteiger charge is -2.24. The Kier molecular flexibility index (Phi) is 8.84. The molecule has 2 aromatic rings. The average molecular weight is 434 g/mol. The lowest BCUT2D eigenvalue weighted by atomic mass is 10.1. The number of nitrogens with zero attached hydrogens (tertiary/aromatic N) is 3. The van der Waals surface area contributed by atoms with Gasteiger partial charge in [-0.25, -0.2) is 21.5 Å². The molecule has 4 N–H and O–H groups in total. The van der Waals surface area contributed by atoms with Crippen molar-refractivity contribution in [2.24, 2.45) is 16.7 Å². The molecule has 2 aromatic carbocycles. The van der Waals surface area contributed by atoms with Crippen molar-refractivity contribution >= 4 is 39.6 Å². The van der Waals surface area contributed by atoms with Crippen LogP contribution < -0.4 is 21.4 Å². The van der Waals surface area contributed by atoms with Gasteiger partial charge in [-0.1, -0.05) is 36.0 Å². The highest BCUT2D eigenvalue weighted by atomic mass is 32.2. The Labute approximate surface area is 180 Å². The summed E-state index contributed by atoms with van der Waals surface area (Å²) in [5.41, 5.74) is 3.73. The molecule has 0 bridgehead atoms. The minimum atomic E-state index is -0.487. The first-order chi connectivity index (χ1) is 13.9. The van der Waals surface area contributed by atoms with Crippen LogP contribution in [-0.2, 0) is 12.3 Å². The molecule has 0 atom stereocenters. The Morgan fingerprint density at radius 1 is 1.21 bits per heavy atom. The number of aryl methyl sites for hydroxylation is 1. The third-order valence-corrected chi connectivity index (χ3v) is 6.33. The number of hydrogen-bond donors (Lipinski definition) is 2. The molecule has 2 rings (SSSR count). The van der Waals surface area contributed by atoms with Crippen molar-refractivity contribution in [2.45, 2.75) is 19.2 Å². The monoisotopic (exact) mass is 433 g/mol. The van der Waals surface area contributed by atoms with Crippen LogP contribution in [0.5, 0.6) is 5.75 Å². The van der Waals surface area contributed by atoms with Gasteiger partial charge in [0.25, 0.3) is 0 Å². The van der Waals surface area contributed by atoms with E-state index in [9.17, 15) is 4.79 Å². The molecule has 0 aliphatic carbocycles. The molecular weight excluding hydrogens is 406 g/mol. The largest absolute Gasteiger partial charge is 0.497 e. The van der Waals surface area contributed by atoms with Gasteiger partial charge in [0, 0.05) is 12.8 Å². The standard InChI is InChI=1S/C20H27N5O2S2/c1-14-7-5-10-18(25(22)20(26)24(2)21)17(14)13-29-19(28-4)23-12-15-8-6-9-16(11-15)27-3/h5-11H,12-13,21-22H2,1-4H3. The second-order valence-electron chi connectivity index (χ2n) is 6.26. The predicted molar refractivity (Wildman–Crippen MR) is 124 cm³/mol. The first kappa shape index (κ1) is 23.1. The van der Waals surface area contributed by atoms with Crippen LogP contribution in [0.2, 0.25) is 0 Å². The molecule has 0 aliphatic rings. The van der Waals surface area contributed by atoms with Gasteiger partial charge in [0.05, 0.1) is 19.3 Å². The van der Waals surface area contributed by atoms with Crippen LogP contribution in [0.4, 0.5) is 10.5 Å². The van der Waals surface area contributed by atoms with Crippen LogP contribution in [-0.4, -0.2) is 35.8 Å². The highest BCUT2D eigenvalue weighted by molar-refractivity contribution is 8.38. The number of urea groups is 1. The van der Waals surface area contributed by atoms with E-state index in [1.807, 2.05) is 55.6 Å². The third-order valence-electron chi connectivity index (χ3n) is 4.19. The van der Waals surface area contributed by atoms with Crippen molar-refractivity contribution in [1.29, 1.82) is 0 Å². The molecule has 9 heteroatoms. The molecule has 156 valence electrons. The van der Waals surface area contributed by atoms with Gasteiger partial charge in [0.15, 0.2) is 0 Å². The van der Waals surface area contributed by atoms with Crippen molar-refractivity contribution in [3.05, 3.63) is 59.2 Å². The van der Waals surface area contributed by atoms with E-state index in [1.165, 1.54) is 7.05 Å². The van der Waals surface area contributed by atoms with Crippen molar-refractivity contribution in [3.8, 4) is 5.75 Å². The van der Waals surface area contributed by atoms with E-state index in [1.54, 1.807) is 30.6 Å². The van der Waals surface area contributed by atoms with Crippen molar-refractivity contribution in [1.82, 2.24) is 5.01 Å². The van der Waals surface area contributed by atoms with Crippen LogP contribution in [0.15, 0.2) is 47.5 Å². The Bertz CT molecular complexity index is 874. The Morgan fingerprint density at radius 3 is 2.59 bits per heavy atom. The van der Waals surface area contributed by atoms with E-state index in [2.05, 4.69) is 0 Å². The summed E-state index contributed by atoms with van der Waals surface area (Å²) in [7, 11) is 3.11. The molecule has 0 aromatic heterocycles. The molecule has 0 fully saturated rings. The Balaban J connectivity index is 2.15. The topological polar surface area (TPSA) is 97.2 Å². The molecule has 0 saturated carbocycles. The molecule has 0 radical (unpaired) electrons. The number of hydrazine groups is 2. The number of nitrogens with two attached hydrogens (primary N) is 2. The quantitative estimate of drug-likeness (QED) is 0.237. The smallest absolute Gasteiger partial charge is 0.352 e. The van der Waals surface area contributed by atoms with E-state index in [0.29, 0.717) is 18.0 Å². The van der Waals surface area contributed by atoms with Gasteiger partial charge >= 0.3 is 6.03 Å². The highest BCUT2D eigenvalue weighted by Crippen LogP contribution is 2.29. The average Bonchev–Trinajstić information content (AvgIpc) is 2.73. The molecule has 0 heterocycles. The zero-order chi connectivity index (χ0) is 21.4. The van der Waals surface area contributed by atoms with Gasteiger partial charge in [0.1, 0.15) is 10.1 Å². The molecule has 0 saturated heterocycles. The van der Waals surface area contributed by atoms with Gasteiger partial charge in [-0.3, -0.25) is 10.0 Å². The van der Waals surface area contributed by atoms with E-state index in [-0.39, 0.29) is 0 Å². The summed E-state index contributed by atoms with van der Waals surface area (Å²) in [6.07, 6.45) is 2.00. The summed E-state index contributed by atoms with van der Waals surface area (Å²) < 4.78 is 6.21. The number of hydrogen-bond acceptors (Lipinski definition) is 7. The van der Waals surface area contributed by atoms with Gasteiger partial charge in [-0.15, -0.1) is 11.8 Å². The summed E-state index contributed by atoms with van der Waals surface area (Å²) in [6, 6.07) is 13.1. The van der Waals surface area contributed by atoms with Crippen molar-refractivity contribution < 1.29 is 9.53 Å². The van der Waals surface area contributed by atoms with E-state index >= 15 is 0 Å². The Hall–Kier alpha value is -2.20. The summed E-state index contributed by atoms with van der Waals surface area (Å²) in [5, 5.41) is 2.04. The maximum atomic E-state index is 12.2. The zero-order valence-electron chi connectivity index (χ0n) is 17.1. The highest BCUT2D eigenvalue weighted by Gasteiger charge is 2.19. The lowest BCUT2D eigenvalue weighted by Crippen LogP contribution is -2.49. The van der Waals surface area contributed by atoms with Crippen molar-refractivity contribution in [2.75, 3.05) is 25.4 Å². The van der Waals surface area contributed by atoms with E-state index < -0.39 is 6.03 Å². The van der Waals surface area contributed by atoms with Gasteiger partial charge < -0.3 is 4.74 Å². The summed E-state index contributed by atoms with van der Waals surface area (Å²) in [6.45, 7) is 2.57. The number of amides is 2. The number of aliphatic imine (C=N–C) groups is 1. The van der Waals surface area contributed by atoms with Crippen LogP contribution in [0, 0.1) is 6.92 Å². The fourth-order valence-electron chi connectivity index (χ4n) is 2.60. The summed E-state index contributed by atoms with van der Waals surface area (Å²) in [5.74, 6) is 13.0. The van der Waals surface area contributed by atoms with Crippen LogP contribution in [0.25, 0.3) is 0 Å². The van der Waals surface area contributed by atoms with Crippen molar-refractivity contribution in [3.63, 3.8) is 0 Å². The van der Waals surface area contributed by atoms with Crippen LogP contribution in [0.3, 0.4) is 0 Å². The number of ether oxygens (including phenoxy) is 1.